The number of benzene rings is 2. The normalized spacial score (nSPS) is 20.7. The second-order valence-electron chi connectivity index (χ2n) is 7.75. The molecule has 0 aliphatic carbocycles. The molecule has 2 aromatic rings. The Hall–Kier alpha value is -2.57. The zero-order chi connectivity index (χ0) is 20.9. The lowest BCUT2D eigenvalue weighted by Crippen LogP contribution is -2.47. The van der Waals surface area contributed by atoms with Gasteiger partial charge >= 0.3 is 0 Å². The summed E-state index contributed by atoms with van der Waals surface area (Å²) in [5.74, 6) is 1.78. The third-order valence-electron chi connectivity index (χ3n) is 6.09. The second kappa shape index (κ2) is 9.49. The molecular formula is C24H30N2O4. The summed E-state index contributed by atoms with van der Waals surface area (Å²) in [6.07, 6.45) is 2.01. The van der Waals surface area contributed by atoms with Gasteiger partial charge in [-0.2, -0.15) is 0 Å². The lowest BCUT2D eigenvalue weighted by Gasteiger charge is -2.37. The fourth-order valence-corrected chi connectivity index (χ4v) is 4.60. The van der Waals surface area contributed by atoms with E-state index in [0.717, 1.165) is 42.0 Å². The standard InChI is InChI=1S/C24H30N2O4/c1-28-19-10-11-22(29-2)20(17-19)21-9-6-12-26(21)23(18-7-4-3-5-8-18)24(27)25-13-15-30-16-14-25/h3-5,7-8,10-11,17,21,23H,6,9,12-16H2,1-2H3/t21-,23-/m0/s1. The van der Waals surface area contributed by atoms with Gasteiger partial charge in [0.05, 0.1) is 27.4 Å². The first kappa shape index (κ1) is 20.7. The third kappa shape index (κ3) is 4.16. The Labute approximate surface area is 178 Å². The van der Waals surface area contributed by atoms with Crippen molar-refractivity contribution in [2.24, 2.45) is 0 Å². The number of rotatable bonds is 6. The van der Waals surface area contributed by atoms with Crippen LogP contribution in [0, 0.1) is 0 Å². The highest BCUT2D eigenvalue weighted by molar-refractivity contribution is 5.83. The van der Waals surface area contributed by atoms with E-state index >= 15 is 0 Å². The van der Waals surface area contributed by atoms with E-state index in [1.54, 1.807) is 14.2 Å². The fraction of sp³-hybridized carbons (Fsp3) is 0.458. The molecule has 0 unspecified atom stereocenters. The smallest absolute Gasteiger partial charge is 0.244 e. The van der Waals surface area contributed by atoms with E-state index in [4.69, 9.17) is 14.2 Å². The number of morpholine rings is 1. The van der Waals surface area contributed by atoms with E-state index in [-0.39, 0.29) is 18.0 Å². The minimum absolute atomic E-state index is 0.0882. The van der Waals surface area contributed by atoms with Gasteiger partial charge < -0.3 is 19.1 Å². The topological polar surface area (TPSA) is 51.2 Å². The number of hydrogen-bond donors (Lipinski definition) is 0. The molecule has 0 aromatic heterocycles. The van der Waals surface area contributed by atoms with Crippen LogP contribution in [0.3, 0.4) is 0 Å². The minimum atomic E-state index is -0.326. The van der Waals surface area contributed by atoms with Gasteiger partial charge in [0, 0.05) is 24.7 Å². The molecule has 0 spiro atoms. The third-order valence-corrected chi connectivity index (χ3v) is 6.09. The predicted molar refractivity (Wildman–Crippen MR) is 115 cm³/mol. The molecule has 2 aromatic carbocycles. The van der Waals surface area contributed by atoms with Crippen LogP contribution >= 0.6 is 0 Å². The summed E-state index contributed by atoms with van der Waals surface area (Å²) < 4.78 is 16.6. The summed E-state index contributed by atoms with van der Waals surface area (Å²) in [6.45, 7) is 3.34. The van der Waals surface area contributed by atoms with Crippen LogP contribution in [0.25, 0.3) is 0 Å². The summed E-state index contributed by atoms with van der Waals surface area (Å²) in [7, 11) is 3.37. The maximum Gasteiger partial charge on any atom is 0.244 e. The van der Waals surface area contributed by atoms with E-state index in [1.165, 1.54) is 0 Å². The molecule has 2 saturated heterocycles. The first-order valence-electron chi connectivity index (χ1n) is 10.6. The first-order chi connectivity index (χ1) is 14.7. The maximum absolute atomic E-state index is 13.7. The number of carbonyl (C=O) groups excluding carboxylic acids is 1. The zero-order valence-electron chi connectivity index (χ0n) is 17.8. The molecule has 2 aliphatic rings. The Kier molecular flexibility index (Phi) is 6.55. The second-order valence-corrected chi connectivity index (χ2v) is 7.75. The Bertz CT molecular complexity index is 852. The number of carbonyl (C=O) groups is 1. The van der Waals surface area contributed by atoms with Crippen LogP contribution in [0.2, 0.25) is 0 Å². The van der Waals surface area contributed by atoms with Gasteiger partial charge in [0.1, 0.15) is 17.5 Å². The van der Waals surface area contributed by atoms with Crippen molar-refractivity contribution in [3.8, 4) is 11.5 Å². The predicted octanol–water partition coefficient (Wildman–Crippen LogP) is 3.44. The molecular weight excluding hydrogens is 380 g/mol. The van der Waals surface area contributed by atoms with Gasteiger partial charge in [-0.25, -0.2) is 0 Å². The van der Waals surface area contributed by atoms with E-state index in [0.29, 0.717) is 26.3 Å². The Morgan fingerprint density at radius 1 is 1.03 bits per heavy atom. The highest BCUT2D eigenvalue weighted by Crippen LogP contribution is 2.43. The molecule has 6 heteroatoms. The van der Waals surface area contributed by atoms with Crippen LogP contribution in [-0.2, 0) is 9.53 Å². The van der Waals surface area contributed by atoms with Gasteiger partial charge in [-0.3, -0.25) is 9.69 Å². The van der Waals surface area contributed by atoms with Crippen molar-refractivity contribution in [3.05, 3.63) is 59.7 Å². The maximum atomic E-state index is 13.7. The number of nitrogens with zero attached hydrogens (tertiary/aromatic N) is 2. The lowest BCUT2D eigenvalue weighted by atomic mass is 9.98. The molecule has 0 saturated carbocycles. The van der Waals surface area contributed by atoms with E-state index < -0.39 is 0 Å². The summed E-state index contributed by atoms with van der Waals surface area (Å²) in [6, 6.07) is 15.8. The van der Waals surface area contributed by atoms with Gasteiger partial charge in [-0.1, -0.05) is 30.3 Å². The van der Waals surface area contributed by atoms with Crippen LogP contribution in [-0.4, -0.2) is 62.8 Å². The Morgan fingerprint density at radius 2 is 1.80 bits per heavy atom. The highest BCUT2D eigenvalue weighted by Gasteiger charge is 2.39. The average molecular weight is 411 g/mol. The molecule has 0 N–H and O–H groups in total. The number of amides is 1. The highest BCUT2D eigenvalue weighted by atomic mass is 16.5. The Morgan fingerprint density at radius 3 is 2.50 bits per heavy atom. The monoisotopic (exact) mass is 410 g/mol. The van der Waals surface area contributed by atoms with Crippen molar-refractivity contribution in [3.63, 3.8) is 0 Å². The van der Waals surface area contributed by atoms with Crippen LogP contribution in [0.5, 0.6) is 11.5 Å². The molecule has 1 amide bonds. The minimum Gasteiger partial charge on any atom is -0.497 e. The van der Waals surface area contributed by atoms with Crippen LogP contribution in [0.15, 0.2) is 48.5 Å². The van der Waals surface area contributed by atoms with Crippen LogP contribution < -0.4 is 9.47 Å². The molecule has 2 fully saturated rings. The van der Waals surface area contributed by atoms with Gasteiger partial charge in [0.2, 0.25) is 5.91 Å². The van der Waals surface area contributed by atoms with Crippen molar-refractivity contribution in [2.45, 2.75) is 24.9 Å². The van der Waals surface area contributed by atoms with E-state index in [1.807, 2.05) is 41.3 Å². The molecule has 2 atom stereocenters. The number of likely N-dealkylation sites (tertiary alicyclic amines) is 1. The van der Waals surface area contributed by atoms with Crippen molar-refractivity contribution >= 4 is 5.91 Å². The van der Waals surface area contributed by atoms with Crippen LogP contribution in [0.1, 0.15) is 36.1 Å². The molecule has 2 aliphatic heterocycles. The first-order valence-corrected chi connectivity index (χ1v) is 10.6. The molecule has 4 rings (SSSR count). The largest absolute Gasteiger partial charge is 0.497 e. The van der Waals surface area contributed by atoms with Crippen molar-refractivity contribution in [1.29, 1.82) is 0 Å². The summed E-state index contributed by atoms with van der Waals surface area (Å²) >= 11 is 0. The SMILES string of the molecule is COc1ccc(OC)c([C@@H]2CCCN2[C@H](C(=O)N2CCOCC2)c2ccccc2)c1. The van der Waals surface area contributed by atoms with E-state index in [2.05, 4.69) is 17.0 Å². The van der Waals surface area contributed by atoms with E-state index in [9.17, 15) is 4.79 Å². The lowest BCUT2D eigenvalue weighted by molar-refractivity contribution is -0.142. The summed E-state index contributed by atoms with van der Waals surface area (Å²) in [4.78, 5) is 18.0. The molecule has 30 heavy (non-hydrogen) atoms. The van der Waals surface area contributed by atoms with Gasteiger partial charge in [0.15, 0.2) is 0 Å². The zero-order valence-corrected chi connectivity index (χ0v) is 17.8. The Balaban J connectivity index is 1.72. The van der Waals surface area contributed by atoms with Crippen molar-refractivity contribution < 1.29 is 19.0 Å². The van der Waals surface area contributed by atoms with Crippen molar-refractivity contribution in [2.75, 3.05) is 47.1 Å². The average Bonchev–Trinajstić information content (AvgIpc) is 3.29. The number of hydrogen-bond acceptors (Lipinski definition) is 5. The quantitative estimate of drug-likeness (QED) is 0.730. The summed E-state index contributed by atoms with van der Waals surface area (Å²) in [5, 5.41) is 0. The van der Waals surface area contributed by atoms with Gasteiger partial charge in [-0.15, -0.1) is 0 Å². The molecule has 6 nitrogen and oxygen atoms in total. The van der Waals surface area contributed by atoms with Crippen molar-refractivity contribution in [1.82, 2.24) is 9.80 Å². The summed E-state index contributed by atoms with van der Waals surface area (Å²) in [5.41, 5.74) is 2.10. The van der Waals surface area contributed by atoms with Gasteiger partial charge in [-0.05, 0) is 43.1 Å². The molecule has 0 bridgehead atoms. The van der Waals surface area contributed by atoms with Crippen LogP contribution in [0.4, 0.5) is 0 Å². The molecule has 2 heterocycles. The molecule has 160 valence electrons. The fourth-order valence-electron chi connectivity index (χ4n) is 4.60. The number of methoxy groups -OCH3 is 2. The number of ether oxygens (including phenoxy) is 3. The van der Waals surface area contributed by atoms with Gasteiger partial charge in [0.25, 0.3) is 0 Å². The molecule has 0 radical (unpaired) electrons.